The highest BCUT2D eigenvalue weighted by molar-refractivity contribution is 6.30. The minimum atomic E-state index is -0.413. The van der Waals surface area contributed by atoms with Crippen molar-refractivity contribution in [1.29, 1.82) is 0 Å². The summed E-state index contributed by atoms with van der Waals surface area (Å²) in [5.74, 6) is 0.777. The van der Waals surface area contributed by atoms with Crippen LogP contribution in [0.5, 0.6) is 0 Å². The van der Waals surface area contributed by atoms with Gasteiger partial charge in [0.05, 0.1) is 18.8 Å². The normalized spacial score (nSPS) is 32.2. The first-order valence-electron chi connectivity index (χ1n) is 10.8. The molecule has 3 aliphatic rings. The molecule has 6 heteroatoms. The third kappa shape index (κ3) is 4.43. The maximum atomic E-state index is 10.6. The monoisotopic (exact) mass is 442 g/mol. The minimum Gasteiger partial charge on any atom is -0.389 e. The van der Waals surface area contributed by atoms with Gasteiger partial charge in [0.15, 0.2) is 0 Å². The Morgan fingerprint density at radius 1 is 1.21 bits per heavy atom. The van der Waals surface area contributed by atoms with Crippen molar-refractivity contribution in [3.63, 3.8) is 0 Å². The molecule has 164 valence electrons. The van der Waals surface area contributed by atoms with Crippen LogP contribution in [0.15, 0.2) is 24.3 Å². The van der Waals surface area contributed by atoms with Gasteiger partial charge in [0.25, 0.3) is 0 Å². The molecule has 2 bridgehead atoms. The smallest absolute Gasteiger partial charge is 0.0900 e. The molecule has 1 N–H and O–H groups in total. The predicted molar refractivity (Wildman–Crippen MR) is 122 cm³/mol. The van der Waals surface area contributed by atoms with Gasteiger partial charge in [-0.1, -0.05) is 38.4 Å². The third-order valence-electron chi connectivity index (χ3n) is 8.22. The predicted octanol–water partition coefficient (Wildman–Crippen LogP) is 4.48. The molecule has 1 aliphatic heterocycles. The van der Waals surface area contributed by atoms with Crippen molar-refractivity contribution in [2.24, 2.45) is 16.7 Å². The number of piperazine rings is 1. The number of β-amino-alcohol motifs (C(OH)–C–C–N with tert-alkyl or cyclic N) is 1. The fourth-order valence-corrected chi connectivity index (χ4v) is 6.01. The lowest BCUT2D eigenvalue weighted by molar-refractivity contribution is -0.0794. The van der Waals surface area contributed by atoms with Gasteiger partial charge in [-0.2, -0.15) is 0 Å². The van der Waals surface area contributed by atoms with Crippen molar-refractivity contribution in [3.05, 3.63) is 29.3 Å². The Hall–Kier alpha value is -0.520. The van der Waals surface area contributed by atoms with E-state index in [1.54, 1.807) is 0 Å². The number of benzene rings is 1. The molecule has 0 radical (unpaired) electrons. The topological polar surface area (TPSA) is 35.9 Å². The molecule has 3 fully saturated rings. The molecule has 1 aromatic carbocycles. The zero-order valence-electron chi connectivity index (χ0n) is 17.9. The zero-order chi connectivity index (χ0) is 19.9. The van der Waals surface area contributed by atoms with E-state index in [-0.39, 0.29) is 17.8 Å². The number of rotatable bonds is 6. The van der Waals surface area contributed by atoms with Crippen LogP contribution in [0.2, 0.25) is 5.02 Å². The maximum absolute atomic E-state index is 10.6. The van der Waals surface area contributed by atoms with Gasteiger partial charge in [-0.15, -0.1) is 12.4 Å². The number of anilines is 1. The zero-order valence-corrected chi connectivity index (χ0v) is 19.5. The summed E-state index contributed by atoms with van der Waals surface area (Å²) in [6, 6.07) is 8.05. The number of halogens is 2. The highest BCUT2D eigenvalue weighted by Crippen LogP contribution is 2.66. The molecular weight excluding hydrogens is 407 g/mol. The standard InChI is InChI=1S/C23H35ClN2O2.ClH/c1-22(2)17-7-8-23(22,3)21(13-17)28-16-20(27)15-25-9-11-26(12-10-25)19-6-4-5-18(24)14-19;/h4-6,14,17,20-21,27H,7-13,15-16H2,1-3H3;1H. The average Bonchev–Trinajstić information content (AvgIpc) is 3.00. The van der Waals surface area contributed by atoms with Gasteiger partial charge < -0.3 is 14.7 Å². The van der Waals surface area contributed by atoms with Crippen molar-refractivity contribution in [2.45, 2.75) is 52.2 Å². The molecule has 0 spiro atoms. The molecule has 0 amide bonds. The Kier molecular flexibility index (Phi) is 7.12. The number of fused-ring (bicyclic) bond motifs is 2. The van der Waals surface area contributed by atoms with E-state index in [0.717, 1.165) is 43.5 Å². The van der Waals surface area contributed by atoms with Crippen LogP contribution in [0.4, 0.5) is 5.69 Å². The highest BCUT2D eigenvalue weighted by Gasteiger charge is 2.61. The first-order chi connectivity index (χ1) is 13.3. The largest absolute Gasteiger partial charge is 0.389 e. The van der Waals surface area contributed by atoms with Crippen LogP contribution >= 0.6 is 24.0 Å². The lowest BCUT2D eigenvalue weighted by Crippen LogP contribution is -2.49. The molecule has 2 saturated carbocycles. The Balaban J connectivity index is 0.00000240. The van der Waals surface area contributed by atoms with Crippen molar-refractivity contribution in [1.82, 2.24) is 4.90 Å². The SMILES string of the molecule is CC1(C)C2CCC1(C)C(OCC(O)CN1CCN(c3cccc(Cl)c3)CC1)C2.Cl. The van der Waals surface area contributed by atoms with E-state index in [1.165, 1.54) is 18.5 Å². The molecular formula is C23H36Cl2N2O2. The summed E-state index contributed by atoms with van der Waals surface area (Å²) < 4.78 is 6.28. The van der Waals surface area contributed by atoms with Crippen molar-refractivity contribution < 1.29 is 9.84 Å². The van der Waals surface area contributed by atoms with E-state index < -0.39 is 6.10 Å². The Morgan fingerprint density at radius 2 is 1.93 bits per heavy atom. The van der Waals surface area contributed by atoms with Gasteiger partial charge in [-0.25, -0.2) is 0 Å². The maximum Gasteiger partial charge on any atom is 0.0900 e. The van der Waals surface area contributed by atoms with Gasteiger partial charge in [0, 0.05) is 43.4 Å². The third-order valence-corrected chi connectivity index (χ3v) is 8.45. The quantitative estimate of drug-likeness (QED) is 0.704. The molecule has 4 unspecified atom stereocenters. The van der Waals surface area contributed by atoms with Crippen LogP contribution in [0.25, 0.3) is 0 Å². The van der Waals surface area contributed by atoms with Crippen LogP contribution in [0.3, 0.4) is 0 Å². The summed E-state index contributed by atoms with van der Waals surface area (Å²) in [4.78, 5) is 4.71. The van der Waals surface area contributed by atoms with E-state index in [9.17, 15) is 5.11 Å². The summed E-state index contributed by atoms with van der Waals surface area (Å²) in [6.45, 7) is 12.2. The molecule has 0 aromatic heterocycles. The number of aliphatic hydroxyl groups is 1. The number of ether oxygens (including phenoxy) is 1. The van der Waals surface area contributed by atoms with Crippen LogP contribution in [-0.2, 0) is 4.74 Å². The van der Waals surface area contributed by atoms with Gasteiger partial charge in [0.1, 0.15) is 0 Å². The van der Waals surface area contributed by atoms with E-state index in [4.69, 9.17) is 16.3 Å². The van der Waals surface area contributed by atoms with Gasteiger partial charge >= 0.3 is 0 Å². The minimum absolute atomic E-state index is 0. The fraction of sp³-hybridized carbons (Fsp3) is 0.739. The van der Waals surface area contributed by atoms with Crippen LogP contribution < -0.4 is 4.90 Å². The molecule has 1 saturated heterocycles. The van der Waals surface area contributed by atoms with Crippen molar-refractivity contribution in [3.8, 4) is 0 Å². The van der Waals surface area contributed by atoms with Crippen molar-refractivity contribution in [2.75, 3.05) is 44.2 Å². The van der Waals surface area contributed by atoms with Crippen molar-refractivity contribution >= 4 is 29.7 Å². The van der Waals surface area contributed by atoms with E-state index >= 15 is 0 Å². The van der Waals surface area contributed by atoms with Gasteiger partial charge in [-0.05, 0) is 54.2 Å². The second kappa shape index (κ2) is 8.92. The lowest BCUT2D eigenvalue weighted by Gasteiger charge is -2.39. The molecule has 1 heterocycles. The summed E-state index contributed by atoms with van der Waals surface area (Å²) in [5, 5.41) is 11.3. The number of nitrogens with zero attached hydrogens (tertiary/aromatic N) is 2. The highest BCUT2D eigenvalue weighted by atomic mass is 35.5. The molecule has 4 atom stereocenters. The van der Waals surface area contributed by atoms with Gasteiger partial charge in [0.2, 0.25) is 0 Å². The second-order valence-electron chi connectivity index (χ2n) is 9.85. The molecule has 4 rings (SSSR count). The first-order valence-corrected chi connectivity index (χ1v) is 11.2. The summed E-state index contributed by atoms with van der Waals surface area (Å²) in [5.41, 5.74) is 1.81. The van der Waals surface area contributed by atoms with Crippen LogP contribution in [0, 0.1) is 16.7 Å². The number of aliphatic hydroxyl groups excluding tert-OH is 1. The second-order valence-corrected chi connectivity index (χ2v) is 10.3. The Labute approximate surface area is 187 Å². The first kappa shape index (κ1) is 23.1. The Bertz CT molecular complexity index is 693. The summed E-state index contributed by atoms with van der Waals surface area (Å²) >= 11 is 6.12. The van der Waals surface area contributed by atoms with E-state index in [0.29, 0.717) is 24.7 Å². The number of hydrogen-bond donors (Lipinski definition) is 1. The molecule has 2 aliphatic carbocycles. The molecule has 1 aromatic rings. The number of hydrogen-bond acceptors (Lipinski definition) is 4. The van der Waals surface area contributed by atoms with Crippen LogP contribution in [0.1, 0.15) is 40.0 Å². The van der Waals surface area contributed by atoms with Gasteiger partial charge in [-0.3, -0.25) is 4.90 Å². The van der Waals surface area contributed by atoms with E-state index in [1.807, 2.05) is 18.2 Å². The molecule has 4 nitrogen and oxygen atoms in total. The summed E-state index contributed by atoms with van der Waals surface area (Å²) in [6.07, 6.45) is 3.65. The summed E-state index contributed by atoms with van der Waals surface area (Å²) in [7, 11) is 0. The Morgan fingerprint density at radius 3 is 2.52 bits per heavy atom. The van der Waals surface area contributed by atoms with E-state index in [2.05, 4.69) is 36.6 Å². The van der Waals surface area contributed by atoms with Crippen LogP contribution in [-0.4, -0.2) is 61.5 Å². The average molecular weight is 443 g/mol. The lowest BCUT2D eigenvalue weighted by atomic mass is 9.70. The fourth-order valence-electron chi connectivity index (χ4n) is 5.82. The molecule has 29 heavy (non-hydrogen) atoms.